The van der Waals surface area contributed by atoms with Crippen LogP contribution in [0.3, 0.4) is 0 Å². The fraction of sp³-hybridized carbons (Fsp3) is 0.550. The second-order valence-corrected chi connectivity index (χ2v) is 7.35. The summed E-state index contributed by atoms with van der Waals surface area (Å²) < 4.78 is 5.25. The standard InChI is InChI=1S/C20H26N2O5/c1-13(23)21-8-6-14(7-9-21)19(24)22-11-17(18(12-22)20(25)26)15-4-3-5-16(10-15)27-2/h3-5,10,14,17-18H,6-9,11-12H2,1-2H3,(H,25,26)/t17-,18+/m0/s1. The van der Waals surface area contributed by atoms with E-state index in [2.05, 4.69) is 0 Å². The Hall–Kier alpha value is -2.57. The molecule has 1 aromatic rings. The molecule has 27 heavy (non-hydrogen) atoms. The minimum Gasteiger partial charge on any atom is -0.497 e. The third kappa shape index (κ3) is 4.07. The lowest BCUT2D eigenvalue weighted by Gasteiger charge is -2.32. The average Bonchev–Trinajstić information content (AvgIpc) is 3.13. The molecule has 2 fully saturated rings. The SMILES string of the molecule is COc1cccc([C@@H]2CN(C(=O)C3CCN(C(C)=O)CC3)C[C@H]2C(=O)O)c1. The molecule has 2 amide bonds. The molecule has 0 aliphatic carbocycles. The summed E-state index contributed by atoms with van der Waals surface area (Å²) in [7, 11) is 1.58. The maximum Gasteiger partial charge on any atom is 0.308 e. The molecule has 7 nitrogen and oxygen atoms in total. The minimum atomic E-state index is -0.885. The summed E-state index contributed by atoms with van der Waals surface area (Å²) in [6, 6.07) is 7.40. The quantitative estimate of drug-likeness (QED) is 0.865. The zero-order chi connectivity index (χ0) is 19.6. The molecule has 0 bridgehead atoms. The van der Waals surface area contributed by atoms with Gasteiger partial charge in [-0.05, 0) is 30.5 Å². The van der Waals surface area contributed by atoms with Crippen molar-refractivity contribution < 1.29 is 24.2 Å². The van der Waals surface area contributed by atoms with Gasteiger partial charge >= 0.3 is 5.97 Å². The molecule has 0 spiro atoms. The molecular weight excluding hydrogens is 348 g/mol. The van der Waals surface area contributed by atoms with Gasteiger partial charge in [-0.1, -0.05) is 12.1 Å². The largest absolute Gasteiger partial charge is 0.497 e. The van der Waals surface area contributed by atoms with Crippen molar-refractivity contribution in [2.24, 2.45) is 11.8 Å². The first-order valence-corrected chi connectivity index (χ1v) is 9.31. The first kappa shape index (κ1) is 19.2. The fourth-order valence-corrected chi connectivity index (χ4v) is 4.14. The summed E-state index contributed by atoms with van der Waals surface area (Å²) in [5, 5.41) is 9.66. The maximum absolute atomic E-state index is 12.9. The number of benzene rings is 1. The normalized spacial score (nSPS) is 23.3. The van der Waals surface area contributed by atoms with Gasteiger partial charge in [-0.3, -0.25) is 14.4 Å². The van der Waals surface area contributed by atoms with Gasteiger partial charge in [-0.15, -0.1) is 0 Å². The number of nitrogens with zero attached hydrogens (tertiary/aromatic N) is 2. The molecule has 2 heterocycles. The summed E-state index contributed by atoms with van der Waals surface area (Å²) in [4.78, 5) is 39.6. The molecule has 0 radical (unpaired) electrons. The number of piperidine rings is 1. The monoisotopic (exact) mass is 374 g/mol. The molecule has 2 saturated heterocycles. The topological polar surface area (TPSA) is 87.2 Å². The number of rotatable bonds is 4. The number of carboxylic acid groups (broad SMARTS) is 1. The van der Waals surface area contributed by atoms with Crippen molar-refractivity contribution in [1.82, 2.24) is 9.80 Å². The fourth-order valence-electron chi connectivity index (χ4n) is 4.14. The number of hydrogen-bond donors (Lipinski definition) is 1. The Morgan fingerprint density at radius 1 is 1.11 bits per heavy atom. The number of amides is 2. The van der Waals surface area contributed by atoms with E-state index in [0.29, 0.717) is 38.2 Å². The second kappa shape index (κ2) is 7.98. The number of carbonyl (C=O) groups is 3. The van der Waals surface area contributed by atoms with Crippen molar-refractivity contribution in [2.45, 2.75) is 25.7 Å². The Bertz CT molecular complexity index is 727. The van der Waals surface area contributed by atoms with Crippen LogP contribution in [0.1, 0.15) is 31.2 Å². The number of carboxylic acids is 1. The Balaban J connectivity index is 1.71. The Labute approximate surface area is 158 Å². The van der Waals surface area contributed by atoms with E-state index in [0.717, 1.165) is 5.56 Å². The van der Waals surface area contributed by atoms with Gasteiger partial charge in [-0.2, -0.15) is 0 Å². The van der Waals surface area contributed by atoms with Crippen molar-refractivity contribution in [3.05, 3.63) is 29.8 Å². The lowest BCUT2D eigenvalue weighted by Crippen LogP contribution is -2.43. The first-order valence-electron chi connectivity index (χ1n) is 9.31. The summed E-state index contributed by atoms with van der Waals surface area (Å²) in [5.74, 6) is -1.18. The van der Waals surface area contributed by atoms with Crippen molar-refractivity contribution in [2.75, 3.05) is 33.3 Å². The summed E-state index contributed by atoms with van der Waals surface area (Å²) in [5.41, 5.74) is 0.878. The highest BCUT2D eigenvalue weighted by Gasteiger charge is 2.42. The molecule has 0 saturated carbocycles. The molecule has 2 aliphatic heterocycles. The van der Waals surface area contributed by atoms with Gasteiger partial charge in [-0.25, -0.2) is 0 Å². The van der Waals surface area contributed by atoms with Gasteiger partial charge in [0, 0.05) is 44.9 Å². The Morgan fingerprint density at radius 2 is 1.81 bits per heavy atom. The third-order valence-electron chi connectivity index (χ3n) is 5.76. The van der Waals surface area contributed by atoms with Crippen LogP contribution in [0.15, 0.2) is 24.3 Å². The molecule has 7 heteroatoms. The summed E-state index contributed by atoms with van der Waals surface area (Å²) in [6.45, 7) is 3.33. The van der Waals surface area contributed by atoms with E-state index in [1.807, 2.05) is 24.3 Å². The predicted molar refractivity (Wildman–Crippen MR) is 98.4 cm³/mol. The molecule has 1 N–H and O–H groups in total. The molecule has 0 unspecified atom stereocenters. The van der Waals surface area contributed by atoms with Crippen molar-refractivity contribution in [3.8, 4) is 5.75 Å². The van der Waals surface area contributed by atoms with Crippen molar-refractivity contribution in [3.63, 3.8) is 0 Å². The van der Waals surface area contributed by atoms with E-state index in [9.17, 15) is 19.5 Å². The van der Waals surface area contributed by atoms with Crippen LogP contribution in [-0.2, 0) is 14.4 Å². The van der Waals surface area contributed by atoms with Gasteiger partial charge in [0.25, 0.3) is 0 Å². The van der Waals surface area contributed by atoms with Gasteiger partial charge in [0.1, 0.15) is 5.75 Å². The van der Waals surface area contributed by atoms with Crippen LogP contribution < -0.4 is 4.74 Å². The molecular formula is C20H26N2O5. The lowest BCUT2D eigenvalue weighted by molar-refractivity contribution is -0.143. The zero-order valence-electron chi connectivity index (χ0n) is 15.8. The van der Waals surface area contributed by atoms with Crippen molar-refractivity contribution >= 4 is 17.8 Å². The predicted octanol–water partition coefficient (Wildman–Crippen LogP) is 1.58. The van der Waals surface area contributed by atoms with Crippen molar-refractivity contribution in [1.29, 1.82) is 0 Å². The van der Waals surface area contributed by atoms with Crippen LogP contribution in [-0.4, -0.2) is 66.0 Å². The van der Waals surface area contributed by atoms with E-state index < -0.39 is 11.9 Å². The van der Waals surface area contributed by atoms with Gasteiger partial charge in [0.15, 0.2) is 0 Å². The third-order valence-corrected chi connectivity index (χ3v) is 5.76. The number of methoxy groups -OCH3 is 1. The number of ether oxygens (including phenoxy) is 1. The van der Waals surface area contributed by atoms with Crippen LogP contribution in [0.5, 0.6) is 5.75 Å². The number of hydrogen-bond acceptors (Lipinski definition) is 4. The van der Waals surface area contributed by atoms with Crippen LogP contribution in [0.2, 0.25) is 0 Å². The van der Waals surface area contributed by atoms with Crippen LogP contribution in [0.4, 0.5) is 0 Å². The first-order chi connectivity index (χ1) is 12.9. The highest BCUT2D eigenvalue weighted by Crippen LogP contribution is 2.36. The van der Waals surface area contributed by atoms with Crippen LogP contribution in [0, 0.1) is 11.8 Å². The molecule has 3 rings (SSSR count). The van der Waals surface area contributed by atoms with E-state index in [-0.39, 0.29) is 30.2 Å². The molecule has 146 valence electrons. The second-order valence-electron chi connectivity index (χ2n) is 7.35. The lowest BCUT2D eigenvalue weighted by atomic mass is 9.89. The highest BCUT2D eigenvalue weighted by molar-refractivity contribution is 5.82. The summed E-state index contributed by atoms with van der Waals surface area (Å²) in [6.07, 6.45) is 1.27. The van der Waals surface area contributed by atoms with E-state index >= 15 is 0 Å². The highest BCUT2D eigenvalue weighted by atomic mass is 16.5. The maximum atomic E-state index is 12.9. The number of likely N-dealkylation sites (tertiary alicyclic amines) is 2. The van der Waals surface area contributed by atoms with Gasteiger partial charge in [0.05, 0.1) is 13.0 Å². The van der Waals surface area contributed by atoms with Crippen LogP contribution >= 0.6 is 0 Å². The Morgan fingerprint density at radius 3 is 2.41 bits per heavy atom. The van der Waals surface area contributed by atoms with E-state index in [1.54, 1.807) is 23.8 Å². The van der Waals surface area contributed by atoms with Gasteiger partial charge in [0.2, 0.25) is 11.8 Å². The molecule has 2 atom stereocenters. The number of aliphatic carboxylic acids is 1. The van der Waals surface area contributed by atoms with E-state index in [1.165, 1.54) is 0 Å². The molecule has 1 aromatic carbocycles. The van der Waals surface area contributed by atoms with E-state index in [4.69, 9.17) is 4.74 Å². The zero-order valence-corrected chi connectivity index (χ0v) is 15.8. The molecule has 0 aromatic heterocycles. The van der Waals surface area contributed by atoms with Gasteiger partial charge < -0.3 is 19.6 Å². The van der Waals surface area contributed by atoms with Crippen LogP contribution in [0.25, 0.3) is 0 Å². The average molecular weight is 374 g/mol. The number of carbonyl (C=O) groups excluding carboxylic acids is 2. The minimum absolute atomic E-state index is 0.00912. The summed E-state index contributed by atoms with van der Waals surface area (Å²) >= 11 is 0. The Kier molecular flexibility index (Phi) is 5.68. The smallest absolute Gasteiger partial charge is 0.308 e. The molecule has 2 aliphatic rings.